The van der Waals surface area contributed by atoms with Gasteiger partial charge in [0.2, 0.25) is 10.0 Å². The molecule has 0 saturated heterocycles. The lowest BCUT2D eigenvalue weighted by Gasteiger charge is -2.15. The number of sulfonamides is 1. The third-order valence-electron chi connectivity index (χ3n) is 3.90. The standard InChI is InChI=1S/C18H22N2O8S/c1-20(2)29(24,25)12-4-5-15(19-7-8-21)14(10-12)18(23)28-11-16-13(6-9-27-16)17(22)26-3/h4-6,9-10,19,21H,7-8,11H2,1-3H3. The number of nitrogens with one attached hydrogen (secondary N) is 1. The SMILES string of the molecule is COC(=O)c1ccoc1COC(=O)c1cc(S(=O)(=O)N(C)C)ccc1NCCO. The molecule has 0 aliphatic carbocycles. The van der Waals surface area contributed by atoms with Gasteiger partial charge in [-0.05, 0) is 24.3 Å². The second-order valence-corrected chi connectivity index (χ2v) is 8.12. The maximum atomic E-state index is 12.6. The predicted octanol–water partition coefficient (Wildman–Crippen LogP) is 1.08. The van der Waals surface area contributed by atoms with Gasteiger partial charge in [-0.3, -0.25) is 0 Å². The van der Waals surface area contributed by atoms with Crippen molar-refractivity contribution in [2.24, 2.45) is 0 Å². The molecule has 158 valence electrons. The Hall–Kier alpha value is -2.89. The number of carbonyl (C=O) groups is 2. The fourth-order valence-electron chi connectivity index (χ4n) is 2.36. The normalized spacial score (nSPS) is 11.3. The van der Waals surface area contributed by atoms with Gasteiger partial charge in [0.15, 0.2) is 12.4 Å². The lowest BCUT2D eigenvalue weighted by molar-refractivity contribution is 0.0433. The number of furan rings is 1. The summed E-state index contributed by atoms with van der Waals surface area (Å²) in [6.45, 7) is -0.411. The first-order valence-corrected chi connectivity index (χ1v) is 9.89. The van der Waals surface area contributed by atoms with Crippen LogP contribution in [0.5, 0.6) is 0 Å². The van der Waals surface area contributed by atoms with E-state index in [0.29, 0.717) is 0 Å². The molecule has 0 saturated carbocycles. The maximum absolute atomic E-state index is 12.6. The fraction of sp³-hybridized carbons (Fsp3) is 0.333. The number of carbonyl (C=O) groups excluding carboxylic acids is 2. The molecule has 2 aromatic rings. The Morgan fingerprint density at radius 2 is 1.90 bits per heavy atom. The zero-order valence-electron chi connectivity index (χ0n) is 16.2. The van der Waals surface area contributed by atoms with Crippen molar-refractivity contribution < 1.29 is 37.0 Å². The van der Waals surface area contributed by atoms with Crippen LogP contribution in [0.15, 0.2) is 39.8 Å². The number of nitrogens with zero attached hydrogens (tertiary/aromatic N) is 1. The number of hydrogen-bond acceptors (Lipinski definition) is 9. The van der Waals surface area contributed by atoms with Gasteiger partial charge in [-0.15, -0.1) is 0 Å². The molecule has 0 amide bonds. The van der Waals surface area contributed by atoms with E-state index in [1.165, 1.54) is 51.7 Å². The van der Waals surface area contributed by atoms with Gasteiger partial charge in [-0.25, -0.2) is 22.3 Å². The molecule has 0 aliphatic heterocycles. The van der Waals surface area contributed by atoms with Crippen molar-refractivity contribution in [2.75, 3.05) is 39.7 Å². The Kier molecular flexibility index (Phi) is 7.37. The molecule has 0 unspecified atom stereocenters. The van der Waals surface area contributed by atoms with Crippen LogP contribution in [-0.2, 0) is 26.1 Å². The molecule has 1 aromatic carbocycles. The topological polar surface area (TPSA) is 135 Å². The third kappa shape index (κ3) is 5.13. The summed E-state index contributed by atoms with van der Waals surface area (Å²) in [5, 5.41) is 11.8. The second-order valence-electron chi connectivity index (χ2n) is 5.97. The molecule has 0 spiro atoms. The van der Waals surface area contributed by atoms with Gasteiger partial charge in [-0.1, -0.05) is 0 Å². The molecule has 0 radical (unpaired) electrons. The number of hydrogen-bond donors (Lipinski definition) is 2. The third-order valence-corrected chi connectivity index (χ3v) is 5.71. The molecule has 10 nitrogen and oxygen atoms in total. The largest absolute Gasteiger partial charge is 0.465 e. The van der Waals surface area contributed by atoms with Crippen molar-refractivity contribution in [3.8, 4) is 0 Å². The van der Waals surface area contributed by atoms with Gasteiger partial charge in [0.1, 0.15) is 5.56 Å². The number of ether oxygens (including phenoxy) is 2. The molecule has 1 heterocycles. The number of esters is 2. The Morgan fingerprint density at radius 1 is 1.17 bits per heavy atom. The fourth-order valence-corrected chi connectivity index (χ4v) is 3.29. The Balaban J connectivity index is 2.31. The maximum Gasteiger partial charge on any atom is 0.341 e. The van der Waals surface area contributed by atoms with Crippen molar-refractivity contribution in [1.29, 1.82) is 0 Å². The molecule has 0 aliphatic rings. The van der Waals surface area contributed by atoms with E-state index in [2.05, 4.69) is 10.1 Å². The summed E-state index contributed by atoms with van der Waals surface area (Å²) in [6, 6.07) is 5.32. The van der Waals surface area contributed by atoms with E-state index < -0.39 is 22.0 Å². The lowest BCUT2D eigenvalue weighted by Crippen LogP contribution is -2.23. The van der Waals surface area contributed by atoms with E-state index in [0.717, 1.165) is 4.31 Å². The molecule has 1 aromatic heterocycles. The summed E-state index contributed by atoms with van der Waals surface area (Å²) in [5.74, 6) is -1.39. The van der Waals surface area contributed by atoms with Crippen molar-refractivity contribution >= 4 is 27.6 Å². The van der Waals surface area contributed by atoms with E-state index in [-0.39, 0.29) is 47.2 Å². The van der Waals surface area contributed by atoms with Gasteiger partial charge < -0.3 is 24.3 Å². The Morgan fingerprint density at radius 3 is 2.52 bits per heavy atom. The lowest BCUT2D eigenvalue weighted by atomic mass is 10.1. The smallest absolute Gasteiger partial charge is 0.341 e. The number of rotatable bonds is 9. The highest BCUT2D eigenvalue weighted by Gasteiger charge is 2.23. The van der Waals surface area contributed by atoms with Crippen molar-refractivity contribution in [2.45, 2.75) is 11.5 Å². The van der Waals surface area contributed by atoms with Crippen LogP contribution in [0.1, 0.15) is 26.5 Å². The van der Waals surface area contributed by atoms with Gasteiger partial charge in [0.05, 0.1) is 30.4 Å². The first-order valence-electron chi connectivity index (χ1n) is 8.45. The first-order chi connectivity index (χ1) is 13.7. The monoisotopic (exact) mass is 426 g/mol. The van der Waals surface area contributed by atoms with E-state index in [1.54, 1.807) is 0 Å². The van der Waals surface area contributed by atoms with Gasteiger partial charge in [-0.2, -0.15) is 0 Å². The van der Waals surface area contributed by atoms with Crippen LogP contribution in [-0.4, -0.2) is 64.1 Å². The molecular weight excluding hydrogens is 404 g/mol. The number of benzene rings is 1. The van der Waals surface area contributed by atoms with Crippen LogP contribution in [0.3, 0.4) is 0 Å². The number of aliphatic hydroxyl groups is 1. The zero-order valence-corrected chi connectivity index (χ0v) is 17.0. The number of methoxy groups -OCH3 is 1. The van der Waals surface area contributed by atoms with E-state index in [1.807, 2.05) is 0 Å². The summed E-state index contributed by atoms with van der Waals surface area (Å²) in [5.41, 5.74) is 0.352. The summed E-state index contributed by atoms with van der Waals surface area (Å²) >= 11 is 0. The number of aliphatic hydroxyl groups excluding tert-OH is 1. The molecule has 0 atom stereocenters. The summed E-state index contributed by atoms with van der Waals surface area (Å²) in [6.07, 6.45) is 1.26. The van der Waals surface area contributed by atoms with Crippen molar-refractivity contribution in [3.63, 3.8) is 0 Å². The van der Waals surface area contributed by atoms with Crippen molar-refractivity contribution in [1.82, 2.24) is 4.31 Å². The van der Waals surface area contributed by atoms with E-state index >= 15 is 0 Å². The minimum absolute atomic E-state index is 0.0486. The molecule has 2 rings (SSSR count). The minimum atomic E-state index is -3.78. The average molecular weight is 426 g/mol. The van der Waals surface area contributed by atoms with Crippen LogP contribution in [0.25, 0.3) is 0 Å². The second kappa shape index (κ2) is 9.54. The van der Waals surface area contributed by atoms with Gasteiger partial charge >= 0.3 is 11.9 Å². The van der Waals surface area contributed by atoms with Crippen LogP contribution in [0.4, 0.5) is 5.69 Å². The highest BCUT2D eigenvalue weighted by atomic mass is 32.2. The van der Waals surface area contributed by atoms with Crippen LogP contribution in [0, 0.1) is 0 Å². The molecule has 0 fully saturated rings. The quantitative estimate of drug-likeness (QED) is 0.565. The molecule has 0 bridgehead atoms. The highest BCUT2D eigenvalue weighted by molar-refractivity contribution is 7.89. The Bertz CT molecular complexity index is 981. The van der Waals surface area contributed by atoms with Crippen molar-refractivity contribution in [3.05, 3.63) is 47.4 Å². The molecule has 11 heteroatoms. The highest BCUT2D eigenvalue weighted by Crippen LogP contribution is 2.24. The summed E-state index contributed by atoms with van der Waals surface area (Å²) in [7, 11) is 0.171. The molecule has 29 heavy (non-hydrogen) atoms. The van der Waals surface area contributed by atoms with Gasteiger partial charge in [0, 0.05) is 26.3 Å². The first kappa shape index (κ1) is 22.4. The minimum Gasteiger partial charge on any atom is -0.465 e. The number of anilines is 1. The summed E-state index contributed by atoms with van der Waals surface area (Å²) < 4.78 is 40.7. The molecule has 2 N–H and O–H groups in total. The van der Waals surface area contributed by atoms with Crippen LogP contribution >= 0.6 is 0 Å². The summed E-state index contributed by atoms with van der Waals surface area (Å²) in [4.78, 5) is 24.2. The molecular formula is C18H22N2O8S. The van der Waals surface area contributed by atoms with Crippen LogP contribution in [0.2, 0.25) is 0 Å². The predicted molar refractivity (Wildman–Crippen MR) is 102 cm³/mol. The van der Waals surface area contributed by atoms with E-state index in [9.17, 15) is 18.0 Å². The Labute approximate surface area is 168 Å². The average Bonchev–Trinajstić information content (AvgIpc) is 3.18. The zero-order chi connectivity index (χ0) is 21.6. The van der Waals surface area contributed by atoms with Gasteiger partial charge in [0.25, 0.3) is 0 Å². The van der Waals surface area contributed by atoms with Crippen LogP contribution < -0.4 is 5.32 Å². The van der Waals surface area contributed by atoms with E-state index in [4.69, 9.17) is 14.3 Å².